The Hall–Kier alpha value is -4.54. The van der Waals surface area contributed by atoms with E-state index in [4.69, 9.17) is 21.1 Å². The van der Waals surface area contributed by atoms with Crippen LogP contribution in [0.15, 0.2) is 125 Å². The van der Waals surface area contributed by atoms with Crippen LogP contribution in [-0.2, 0) is 34.1 Å². The number of pyridine rings is 1. The zero-order valence-corrected chi connectivity index (χ0v) is 28.3. The van der Waals surface area contributed by atoms with Crippen molar-refractivity contribution >= 4 is 27.4 Å². The van der Waals surface area contributed by atoms with Crippen LogP contribution in [0.5, 0.6) is 5.75 Å². The Morgan fingerprint density at radius 2 is 1.56 bits per heavy atom. The standard InChI is InChI=1S/C38H37ClN2O6S/c1-27-21-33(38(43)46-2)37(47-26-30-11-7-4-8-12-30)35(22-27)48(44,45)32-16-13-28(14-17-32)19-20-41(24-29-9-5-3-6-10-29)25-34(42)31-15-18-36(39)40-23-31/h3-18,21-23,34,42H,19-20,24-26H2,1-2H3/t34-/m1/s1. The normalized spacial score (nSPS) is 12.1. The molecule has 1 heterocycles. The average molecular weight is 685 g/mol. The van der Waals surface area contributed by atoms with Gasteiger partial charge in [0, 0.05) is 31.4 Å². The summed E-state index contributed by atoms with van der Waals surface area (Å²) < 4.78 is 39.1. The van der Waals surface area contributed by atoms with Gasteiger partial charge in [-0.25, -0.2) is 18.2 Å². The number of hydrogen-bond donors (Lipinski definition) is 1. The van der Waals surface area contributed by atoms with E-state index in [1.54, 1.807) is 55.6 Å². The average Bonchev–Trinajstić information content (AvgIpc) is 3.10. The van der Waals surface area contributed by atoms with Crippen molar-refractivity contribution in [2.75, 3.05) is 20.2 Å². The van der Waals surface area contributed by atoms with Gasteiger partial charge in [0.25, 0.3) is 0 Å². The van der Waals surface area contributed by atoms with Gasteiger partial charge < -0.3 is 14.6 Å². The minimum absolute atomic E-state index is 0.0405. The molecule has 10 heteroatoms. The lowest BCUT2D eigenvalue weighted by Gasteiger charge is -2.25. The summed E-state index contributed by atoms with van der Waals surface area (Å²) in [6.45, 7) is 3.38. The minimum Gasteiger partial charge on any atom is -0.487 e. The summed E-state index contributed by atoms with van der Waals surface area (Å²) in [5.41, 5.74) is 4.14. The van der Waals surface area contributed by atoms with Crippen molar-refractivity contribution in [2.45, 2.75) is 42.4 Å². The lowest BCUT2D eigenvalue weighted by molar-refractivity contribution is 0.0594. The molecule has 0 aliphatic heterocycles. The fourth-order valence-electron chi connectivity index (χ4n) is 5.34. The zero-order chi connectivity index (χ0) is 34.1. The summed E-state index contributed by atoms with van der Waals surface area (Å²) in [7, 11) is -2.85. The van der Waals surface area contributed by atoms with E-state index in [1.165, 1.54) is 13.2 Å². The third-order valence-corrected chi connectivity index (χ3v) is 9.88. The van der Waals surface area contributed by atoms with Crippen molar-refractivity contribution in [1.82, 2.24) is 9.88 Å². The minimum atomic E-state index is -4.09. The maximum absolute atomic E-state index is 14.1. The Morgan fingerprint density at radius 1 is 0.896 bits per heavy atom. The number of sulfone groups is 1. The van der Waals surface area contributed by atoms with E-state index >= 15 is 0 Å². The number of carbonyl (C=O) groups is 1. The van der Waals surface area contributed by atoms with Gasteiger partial charge in [-0.3, -0.25) is 4.90 Å². The van der Waals surface area contributed by atoms with E-state index in [0.29, 0.717) is 42.3 Å². The molecule has 0 amide bonds. The van der Waals surface area contributed by atoms with E-state index < -0.39 is 21.9 Å². The fourth-order valence-corrected chi connectivity index (χ4v) is 6.95. The van der Waals surface area contributed by atoms with E-state index in [1.807, 2.05) is 60.7 Å². The number of benzene rings is 4. The molecule has 1 N–H and O–H groups in total. The van der Waals surface area contributed by atoms with E-state index in [2.05, 4.69) is 9.88 Å². The number of aryl methyl sites for hydroxylation is 1. The number of esters is 1. The van der Waals surface area contributed by atoms with Crippen LogP contribution in [0.2, 0.25) is 5.15 Å². The van der Waals surface area contributed by atoms with Gasteiger partial charge in [-0.1, -0.05) is 90.5 Å². The third kappa shape index (κ3) is 8.87. The Kier molecular flexibility index (Phi) is 11.6. The number of methoxy groups -OCH3 is 1. The van der Waals surface area contributed by atoms with Crippen LogP contribution in [0.4, 0.5) is 0 Å². The first-order valence-corrected chi connectivity index (χ1v) is 17.3. The van der Waals surface area contributed by atoms with Crippen molar-refractivity contribution in [2.24, 2.45) is 0 Å². The molecule has 1 aromatic heterocycles. The topological polar surface area (TPSA) is 106 Å². The van der Waals surface area contributed by atoms with Crippen LogP contribution < -0.4 is 4.74 Å². The summed E-state index contributed by atoms with van der Waals surface area (Å²) in [6.07, 6.45) is 1.42. The number of nitrogens with zero attached hydrogens (tertiary/aromatic N) is 2. The molecule has 0 spiro atoms. The molecule has 0 unspecified atom stereocenters. The van der Waals surface area contributed by atoms with Crippen LogP contribution in [0.25, 0.3) is 0 Å². The lowest BCUT2D eigenvalue weighted by Crippen LogP contribution is -2.30. The molecule has 5 rings (SSSR count). The molecule has 0 saturated carbocycles. The molecule has 0 bridgehead atoms. The quantitative estimate of drug-likeness (QED) is 0.0983. The van der Waals surface area contributed by atoms with Gasteiger partial charge in [0.15, 0.2) is 5.75 Å². The smallest absolute Gasteiger partial charge is 0.341 e. The molecule has 0 radical (unpaired) electrons. The van der Waals surface area contributed by atoms with Gasteiger partial charge >= 0.3 is 5.97 Å². The Bertz CT molecular complexity index is 1920. The number of rotatable bonds is 14. The number of aliphatic hydroxyl groups excluding tert-OH is 1. The number of halogens is 1. The van der Waals surface area contributed by atoms with Crippen LogP contribution in [-0.4, -0.2) is 49.6 Å². The highest BCUT2D eigenvalue weighted by Gasteiger charge is 2.28. The van der Waals surface area contributed by atoms with Crippen molar-refractivity contribution in [3.05, 3.63) is 154 Å². The molecule has 0 aliphatic rings. The molecule has 4 aromatic carbocycles. The van der Waals surface area contributed by atoms with Gasteiger partial charge in [-0.2, -0.15) is 0 Å². The highest BCUT2D eigenvalue weighted by atomic mass is 35.5. The van der Waals surface area contributed by atoms with Crippen molar-refractivity contribution in [1.29, 1.82) is 0 Å². The molecule has 0 saturated heterocycles. The SMILES string of the molecule is COC(=O)c1cc(C)cc(S(=O)(=O)c2ccc(CCN(Cc3ccccc3)C[C@@H](O)c3ccc(Cl)nc3)cc2)c1OCc1ccccc1. The molecule has 248 valence electrons. The van der Waals surface area contributed by atoms with Crippen LogP contribution in [0, 0.1) is 6.92 Å². The van der Waals surface area contributed by atoms with Crippen molar-refractivity contribution in [3.8, 4) is 5.75 Å². The van der Waals surface area contributed by atoms with Crippen molar-refractivity contribution < 1.29 is 27.8 Å². The highest BCUT2D eigenvalue weighted by molar-refractivity contribution is 7.91. The monoisotopic (exact) mass is 684 g/mol. The van der Waals surface area contributed by atoms with E-state index in [9.17, 15) is 18.3 Å². The Morgan fingerprint density at radius 3 is 2.19 bits per heavy atom. The largest absolute Gasteiger partial charge is 0.487 e. The maximum atomic E-state index is 14.1. The molecule has 0 aliphatic carbocycles. The van der Waals surface area contributed by atoms with Gasteiger partial charge in [0.2, 0.25) is 9.84 Å². The Balaban J connectivity index is 1.36. The first-order chi connectivity index (χ1) is 23.1. The van der Waals surface area contributed by atoms with Crippen molar-refractivity contribution in [3.63, 3.8) is 0 Å². The number of ether oxygens (including phenoxy) is 2. The summed E-state index contributed by atoms with van der Waals surface area (Å²) >= 11 is 5.93. The second kappa shape index (κ2) is 16.0. The maximum Gasteiger partial charge on any atom is 0.341 e. The molecule has 48 heavy (non-hydrogen) atoms. The number of hydrogen-bond acceptors (Lipinski definition) is 8. The molecular formula is C38H37ClN2O6S. The molecule has 8 nitrogen and oxygen atoms in total. The molecule has 1 atom stereocenters. The predicted molar refractivity (Wildman–Crippen MR) is 185 cm³/mol. The van der Waals surface area contributed by atoms with E-state index in [0.717, 1.165) is 16.7 Å². The summed E-state index contributed by atoms with van der Waals surface area (Å²) in [4.78, 5) is 18.9. The number of aliphatic hydroxyl groups is 1. The van der Waals surface area contributed by atoms with Crippen LogP contribution in [0.3, 0.4) is 0 Å². The second-order valence-electron chi connectivity index (χ2n) is 11.5. The van der Waals surface area contributed by atoms with Gasteiger partial charge in [-0.05, 0) is 65.9 Å². The predicted octanol–water partition coefficient (Wildman–Crippen LogP) is 7.02. The number of carbonyl (C=O) groups excluding carboxylic acids is 1. The molecule has 0 fully saturated rings. The lowest BCUT2D eigenvalue weighted by atomic mass is 10.1. The summed E-state index contributed by atoms with van der Waals surface area (Å²) in [6, 6.07) is 32.5. The molecular weight excluding hydrogens is 648 g/mol. The summed E-state index contributed by atoms with van der Waals surface area (Å²) in [5, 5.41) is 11.3. The second-order valence-corrected chi connectivity index (χ2v) is 13.8. The Labute approximate surface area is 286 Å². The van der Waals surface area contributed by atoms with Gasteiger partial charge in [0.1, 0.15) is 22.2 Å². The van der Waals surface area contributed by atoms with E-state index in [-0.39, 0.29) is 27.7 Å². The van der Waals surface area contributed by atoms with Crippen LogP contribution >= 0.6 is 11.6 Å². The highest BCUT2D eigenvalue weighted by Crippen LogP contribution is 2.35. The fraction of sp³-hybridized carbons (Fsp3) is 0.211. The zero-order valence-electron chi connectivity index (χ0n) is 26.8. The first-order valence-electron chi connectivity index (χ1n) is 15.4. The van der Waals surface area contributed by atoms with Gasteiger partial charge in [-0.15, -0.1) is 0 Å². The third-order valence-electron chi connectivity index (χ3n) is 7.89. The van der Waals surface area contributed by atoms with Gasteiger partial charge in [0.05, 0.1) is 18.1 Å². The summed E-state index contributed by atoms with van der Waals surface area (Å²) in [5.74, 6) is -0.738. The van der Waals surface area contributed by atoms with Crippen LogP contribution in [0.1, 0.15) is 44.3 Å². The molecule has 5 aromatic rings. The first kappa shape index (κ1) is 34.8. The number of aromatic nitrogens is 1.